The molecule has 0 radical (unpaired) electrons. The fourth-order valence-corrected chi connectivity index (χ4v) is 2.18. The van der Waals surface area contributed by atoms with Gasteiger partial charge in [0.15, 0.2) is 0 Å². The summed E-state index contributed by atoms with van der Waals surface area (Å²) in [5.41, 5.74) is 8.12. The highest BCUT2D eigenvalue weighted by molar-refractivity contribution is 6.30. The van der Waals surface area contributed by atoms with Crippen molar-refractivity contribution in [2.45, 2.75) is 19.3 Å². The van der Waals surface area contributed by atoms with Crippen LogP contribution in [0, 0.1) is 11.3 Å². The zero-order valence-corrected chi connectivity index (χ0v) is 8.64. The largest absolute Gasteiger partial charge is 0.387 e. The average molecular weight is 209 g/mol. The molecule has 0 spiro atoms. The fraction of sp³-hybridized carbons (Fsp3) is 0.364. The molecule has 0 amide bonds. The monoisotopic (exact) mass is 208 g/mol. The summed E-state index contributed by atoms with van der Waals surface area (Å²) in [6.07, 6.45) is 2.85. The van der Waals surface area contributed by atoms with Crippen molar-refractivity contribution >= 4 is 17.4 Å². The van der Waals surface area contributed by atoms with Crippen LogP contribution in [0.5, 0.6) is 0 Å². The van der Waals surface area contributed by atoms with Crippen molar-refractivity contribution in [1.82, 2.24) is 0 Å². The smallest absolute Gasteiger partial charge is 0.0940 e. The summed E-state index contributed by atoms with van der Waals surface area (Å²) in [6, 6.07) is 5.98. The molecule has 3 heteroatoms. The van der Waals surface area contributed by atoms with Gasteiger partial charge in [0.05, 0.1) is 5.84 Å². The molecule has 74 valence electrons. The van der Waals surface area contributed by atoms with E-state index in [1.54, 1.807) is 0 Å². The topological polar surface area (TPSA) is 49.9 Å². The molecule has 14 heavy (non-hydrogen) atoms. The first kappa shape index (κ1) is 9.53. The summed E-state index contributed by atoms with van der Waals surface area (Å²) in [6.45, 7) is 0. The van der Waals surface area contributed by atoms with Crippen LogP contribution in [0.4, 0.5) is 0 Å². The lowest BCUT2D eigenvalue weighted by Crippen LogP contribution is -2.27. The molecule has 2 rings (SSSR count). The van der Waals surface area contributed by atoms with Gasteiger partial charge in [-0.2, -0.15) is 0 Å². The Balaban J connectivity index is 2.27. The van der Waals surface area contributed by atoms with Gasteiger partial charge < -0.3 is 5.73 Å². The van der Waals surface area contributed by atoms with Gasteiger partial charge in [0.1, 0.15) is 0 Å². The number of aryl methyl sites for hydroxylation is 1. The zero-order chi connectivity index (χ0) is 10.1. The lowest BCUT2D eigenvalue weighted by Gasteiger charge is -2.23. The second kappa shape index (κ2) is 3.62. The second-order valence-corrected chi connectivity index (χ2v) is 4.24. The number of fused-ring (bicyclic) bond motifs is 1. The lowest BCUT2D eigenvalue weighted by atomic mass is 9.83. The lowest BCUT2D eigenvalue weighted by molar-refractivity contribution is 0.577. The second-order valence-electron chi connectivity index (χ2n) is 3.81. The van der Waals surface area contributed by atoms with Crippen molar-refractivity contribution in [1.29, 1.82) is 5.41 Å². The summed E-state index contributed by atoms with van der Waals surface area (Å²) in [4.78, 5) is 0. The Morgan fingerprint density at radius 1 is 1.43 bits per heavy atom. The molecule has 1 atom stereocenters. The van der Waals surface area contributed by atoms with E-state index in [1.807, 2.05) is 18.2 Å². The van der Waals surface area contributed by atoms with E-state index < -0.39 is 0 Å². The van der Waals surface area contributed by atoms with Crippen LogP contribution < -0.4 is 5.73 Å². The zero-order valence-electron chi connectivity index (χ0n) is 7.89. The van der Waals surface area contributed by atoms with Crippen molar-refractivity contribution in [2.24, 2.45) is 11.7 Å². The summed E-state index contributed by atoms with van der Waals surface area (Å²) in [5, 5.41) is 8.22. The predicted octanol–water partition coefficient (Wildman–Crippen LogP) is 2.38. The van der Waals surface area contributed by atoms with E-state index in [2.05, 4.69) is 0 Å². The Hall–Kier alpha value is -1.02. The Morgan fingerprint density at radius 3 is 2.93 bits per heavy atom. The molecule has 0 bridgehead atoms. The third-order valence-electron chi connectivity index (χ3n) is 2.84. The SMILES string of the molecule is N=C(N)C1CCc2cc(Cl)ccc2C1. The van der Waals surface area contributed by atoms with Gasteiger partial charge in [-0.3, -0.25) is 5.41 Å². The van der Waals surface area contributed by atoms with E-state index >= 15 is 0 Å². The number of halogens is 1. The van der Waals surface area contributed by atoms with Gasteiger partial charge in [0.2, 0.25) is 0 Å². The highest BCUT2D eigenvalue weighted by atomic mass is 35.5. The molecular weight excluding hydrogens is 196 g/mol. The van der Waals surface area contributed by atoms with Gasteiger partial charge >= 0.3 is 0 Å². The molecule has 0 aliphatic heterocycles. The Morgan fingerprint density at radius 2 is 2.21 bits per heavy atom. The minimum absolute atomic E-state index is 0.226. The van der Waals surface area contributed by atoms with E-state index in [0.717, 1.165) is 24.3 Å². The van der Waals surface area contributed by atoms with Crippen molar-refractivity contribution in [3.8, 4) is 0 Å². The van der Waals surface area contributed by atoms with E-state index in [1.165, 1.54) is 11.1 Å². The molecule has 1 aromatic carbocycles. The van der Waals surface area contributed by atoms with E-state index in [0.29, 0.717) is 5.84 Å². The molecule has 1 aliphatic rings. The fourth-order valence-electron chi connectivity index (χ4n) is 1.99. The molecule has 1 aliphatic carbocycles. The minimum atomic E-state index is 0.226. The summed E-state index contributed by atoms with van der Waals surface area (Å²) < 4.78 is 0. The van der Waals surface area contributed by atoms with Crippen LogP contribution in [-0.4, -0.2) is 5.84 Å². The number of amidine groups is 1. The number of hydrogen-bond acceptors (Lipinski definition) is 1. The highest BCUT2D eigenvalue weighted by Gasteiger charge is 2.20. The van der Waals surface area contributed by atoms with Gasteiger partial charge in [-0.05, 0) is 42.5 Å². The van der Waals surface area contributed by atoms with Crippen molar-refractivity contribution in [3.05, 3.63) is 34.3 Å². The standard InChI is InChI=1S/C11H13ClN2/c12-10-4-3-7-5-9(11(13)14)2-1-8(7)6-10/h3-4,6,9H,1-2,5H2,(H3,13,14). The van der Waals surface area contributed by atoms with Crippen LogP contribution in [0.3, 0.4) is 0 Å². The van der Waals surface area contributed by atoms with E-state index in [-0.39, 0.29) is 5.92 Å². The van der Waals surface area contributed by atoms with Gasteiger partial charge in [0, 0.05) is 10.9 Å². The Labute approximate surface area is 88.6 Å². The Kier molecular flexibility index (Phi) is 2.46. The number of nitrogens with two attached hydrogens (primary N) is 1. The maximum absolute atomic E-state index is 7.42. The van der Waals surface area contributed by atoms with Crippen LogP contribution in [0.2, 0.25) is 5.02 Å². The van der Waals surface area contributed by atoms with Gasteiger partial charge in [-0.15, -0.1) is 0 Å². The van der Waals surface area contributed by atoms with Crippen LogP contribution in [0.15, 0.2) is 18.2 Å². The first-order valence-corrected chi connectivity index (χ1v) is 5.16. The number of hydrogen-bond donors (Lipinski definition) is 2. The molecule has 0 heterocycles. The van der Waals surface area contributed by atoms with Gasteiger partial charge in [0.25, 0.3) is 0 Å². The number of benzene rings is 1. The maximum atomic E-state index is 7.42. The Bertz CT molecular complexity index is 374. The van der Waals surface area contributed by atoms with Crippen LogP contribution in [-0.2, 0) is 12.8 Å². The molecular formula is C11H13ClN2. The van der Waals surface area contributed by atoms with Crippen molar-refractivity contribution < 1.29 is 0 Å². The van der Waals surface area contributed by atoms with Crippen LogP contribution in [0.25, 0.3) is 0 Å². The van der Waals surface area contributed by atoms with E-state index in [9.17, 15) is 0 Å². The van der Waals surface area contributed by atoms with E-state index in [4.69, 9.17) is 22.7 Å². The van der Waals surface area contributed by atoms with Gasteiger partial charge in [-0.25, -0.2) is 0 Å². The first-order valence-electron chi connectivity index (χ1n) is 4.78. The average Bonchev–Trinajstić information content (AvgIpc) is 2.16. The molecule has 1 unspecified atom stereocenters. The molecule has 3 N–H and O–H groups in total. The molecule has 0 saturated heterocycles. The first-order chi connectivity index (χ1) is 6.66. The number of nitrogens with one attached hydrogen (secondary N) is 1. The molecule has 0 saturated carbocycles. The molecule has 1 aromatic rings. The predicted molar refractivity (Wildman–Crippen MR) is 58.9 cm³/mol. The third kappa shape index (κ3) is 1.75. The quantitative estimate of drug-likeness (QED) is 0.540. The summed E-state index contributed by atoms with van der Waals surface area (Å²) >= 11 is 5.91. The normalized spacial score (nSPS) is 20.2. The summed E-state index contributed by atoms with van der Waals surface area (Å²) in [7, 11) is 0. The third-order valence-corrected chi connectivity index (χ3v) is 3.07. The van der Waals surface area contributed by atoms with Crippen molar-refractivity contribution in [2.75, 3.05) is 0 Å². The number of rotatable bonds is 1. The van der Waals surface area contributed by atoms with Gasteiger partial charge in [-0.1, -0.05) is 17.7 Å². The van der Waals surface area contributed by atoms with Crippen LogP contribution >= 0.6 is 11.6 Å². The molecule has 0 aromatic heterocycles. The van der Waals surface area contributed by atoms with Crippen molar-refractivity contribution in [3.63, 3.8) is 0 Å². The maximum Gasteiger partial charge on any atom is 0.0940 e. The summed E-state index contributed by atoms with van der Waals surface area (Å²) in [5.74, 6) is 0.536. The minimum Gasteiger partial charge on any atom is -0.387 e. The highest BCUT2D eigenvalue weighted by Crippen LogP contribution is 2.27. The molecule has 0 fully saturated rings. The van der Waals surface area contributed by atoms with Crippen LogP contribution in [0.1, 0.15) is 17.5 Å². The molecule has 2 nitrogen and oxygen atoms in total.